The van der Waals surface area contributed by atoms with Gasteiger partial charge in [0, 0.05) is 44.8 Å². The zero-order valence-electron chi connectivity index (χ0n) is 13.4. The number of ether oxygens (including phenoxy) is 1. The summed E-state index contributed by atoms with van der Waals surface area (Å²) in [6, 6.07) is 7.72. The molecule has 1 aromatic rings. The fourth-order valence-electron chi connectivity index (χ4n) is 2.88. The lowest BCUT2D eigenvalue weighted by Crippen LogP contribution is -2.47. The Kier molecular flexibility index (Phi) is 7.12. The molecule has 22 heavy (non-hydrogen) atoms. The van der Waals surface area contributed by atoms with Crippen LogP contribution in [0.1, 0.15) is 25.0 Å². The number of β-amino-alcohol motifs (C(OH)–C–C–N with tert-alkyl or cyclic N) is 1. The van der Waals surface area contributed by atoms with E-state index < -0.39 is 6.10 Å². The van der Waals surface area contributed by atoms with Crippen LogP contribution >= 0.6 is 0 Å². The Hall–Kier alpha value is -1.14. The Labute approximate surface area is 133 Å². The van der Waals surface area contributed by atoms with E-state index in [0.29, 0.717) is 13.0 Å². The van der Waals surface area contributed by atoms with E-state index in [1.165, 1.54) is 0 Å². The van der Waals surface area contributed by atoms with E-state index in [4.69, 9.17) is 9.84 Å². The molecule has 0 saturated carbocycles. The molecule has 1 fully saturated rings. The molecular formula is C17H28N2O3. The Morgan fingerprint density at radius 1 is 1.09 bits per heavy atom. The molecule has 1 aliphatic rings. The Morgan fingerprint density at radius 3 is 2.36 bits per heavy atom. The average Bonchev–Trinajstić information content (AvgIpc) is 2.55. The molecule has 0 aromatic heterocycles. The van der Waals surface area contributed by atoms with Gasteiger partial charge in [0.2, 0.25) is 0 Å². The minimum absolute atomic E-state index is 0.229. The van der Waals surface area contributed by atoms with Crippen molar-refractivity contribution in [2.24, 2.45) is 0 Å². The monoisotopic (exact) mass is 308 g/mol. The number of para-hydroxylation sites is 1. The van der Waals surface area contributed by atoms with Gasteiger partial charge in [-0.2, -0.15) is 0 Å². The lowest BCUT2D eigenvalue weighted by Gasteiger charge is -2.34. The van der Waals surface area contributed by atoms with Crippen molar-refractivity contribution in [2.45, 2.75) is 19.4 Å². The highest BCUT2D eigenvalue weighted by atomic mass is 16.5. The predicted octanol–water partition coefficient (Wildman–Crippen LogP) is 1.12. The van der Waals surface area contributed by atoms with Gasteiger partial charge in [-0.25, -0.2) is 0 Å². The maximum absolute atomic E-state index is 10.4. The van der Waals surface area contributed by atoms with E-state index in [1.54, 1.807) is 0 Å². The van der Waals surface area contributed by atoms with Crippen LogP contribution in [0.3, 0.4) is 0 Å². The highest BCUT2D eigenvalue weighted by Gasteiger charge is 2.18. The van der Waals surface area contributed by atoms with Crippen molar-refractivity contribution in [3.8, 4) is 5.75 Å². The number of rotatable bonds is 8. The van der Waals surface area contributed by atoms with Crippen molar-refractivity contribution >= 4 is 0 Å². The van der Waals surface area contributed by atoms with Crippen molar-refractivity contribution in [3.63, 3.8) is 0 Å². The Balaban J connectivity index is 1.80. The zero-order valence-corrected chi connectivity index (χ0v) is 13.4. The summed E-state index contributed by atoms with van der Waals surface area (Å²) < 4.78 is 5.59. The van der Waals surface area contributed by atoms with Crippen LogP contribution in [0.15, 0.2) is 24.3 Å². The second kappa shape index (κ2) is 9.10. The van der Waals surface area contributed by atoms with Crippen LogP contribution < -0.4 is 4.74 Å². The average molecular weight is 308 g/mol. The number of aliphatic hydroxyl groups is 2. The predicted molar refractivity (Wildman–Crippen MR) is 87.2 cm³/mol. The third-order valence-corrected chi connectivity index (χ3v) is 4.18. The molecule has 0 amide bonds. The molecular weight excluding hydrogens is 280 g/mol. The van der Waals surface area contributed by atoms with E-state index in [2.05, 4.69) is 9.80 Å². The number of hydrogen-bond acceptors (Lipinski definition) is 5. The van der Waals surface area contributed by atoms with Crippen LogP contribution in [0.25, 0.3) is 0 Å². The molecule has 2 N–H and O–H groups in total. The second-order valence-electron chi connectivity index (χ2n) is 5.68. The number of benzene rings is 1. The molecule has 1 unspecified atom stereocenters. The van der Waals surface area contributed by atoms with Gasteiger partial charge in [0.05, 0.1) is 19.3 Å². The zero-order chi connectivity index (χ0) is 15.8. The molecule has 0 spiro atoms. The largest absolute Gasteiger partial charge is 0.493 e. The number of piperazine rings is 1. The lowest BCUT2D eigenvalue weighted by atomic mass is 10.0. The van der Waals surface area contributed by atoms with Crippen molar-refractivity contribution < 1.29 is 14.9 Å². The van der Waals surface area contributed by atoms with E-state index in [0.717, 1.165) is 50.6 Å². The van der Waals surface area contributed by atoms with Gasteiger partial charge in [-0.15, -0.1) is 0 Å². The molecule has 1 aliphatic heterocycles. The maximum Gasteiger partial charge on any atom is 0.125 e. The molecule has 2 rings (SSSR count). The van der Waals surface area contributed by atoms with E-state index in [9.17, 15) is 5.11 Å². The highest BCUT2D eigenvalue weighted by Crippen LogP contribution is 2.27. The number of nitrogens with zero attached hydrogens (tertiary/aromatic N) is 2. The molecule has 1 aromatic carbocycles. The standard InChI is InChI=1S/C17H28N2O3/c1-2-22-17-6-4-3-5-15(17)16(21)7-8-18-9-11-19(12-10-18)13-14-20/h3-6,16,20-21H,2,7-14H2,1H3. The van der Waals surface area contributed by atoms with Gasteiger partial charge in [-0.1, -0.05) is 18.2 Å². The summed E-state index contributed by atoms with van der Waals surface area (Å²) in [7, 11) is 0. The maximum atomic E-state index is 10.4. The highest BCUT2D eigenvalue weighted by molar-refractivity contribution is 5.35. The van der Waals surface area contributed by atoms with Gasteiger partial charge >= 0.3 is 0 Å². The molecule has 5 heteroatoms. The van der Waals surface area contributed by atoms with Crippen molar-refractivity contribution in [1.29, 1.82) is 0 Å². The summed E-state index contributed by atoms with van der Waals surface area (Å²) >= 11 is 0. The molecule has 124 valence electrons. The van der Waals surface area contributed by atoms with Crippen LogP contribution in [-0.4, -0.2) is 72.5 Å². The quantitative estimate of drug-likeness (QED) is 0.754. The number of hydrogen-bond donors (Lipinski definition) is 2. The minimum atomic E-state index is -0.488. The topological polar surface area (TPSA) is 56.2 Å². The van der Waals surface area contributed by atoms with Gasteiger partial charge in [0.1, 0.15) is 5.75 Å². The first-order chi connectivity index (χ1) is 10.7. The summed E-state index contributed by atoms with van der Waals surface area (Å²) in [6.07, 6.45) is 0.225. The van der Waals surface area contributed by atoms with Crippen LogP contribution in [0.2, 0.25) is 0 Å². The Bertz CT molecular complexity index is 434. The summed E-state index contributed by atoms with van der Waals surface area (Å²) in [4.78, 5) is 4.65. The van der Waals surface area contributed by atoms with E-state index in [1.807, 2.05) is 31.2 Å². The third-order valence-electron chi connectivity index (χ3n) is 4.18. The van der Waals surface area contributed by atoms with Gasteiger partial charge in [0.15, 0.2) is 0 Å². The van der Waals surface area contributed by atoms with Gasteiger partial charge in [0.25, 0.3) is 0 Å². The first kappa shape index (κ1) is 17.2. The fourth-order valence-corrected chi connectivity index (χ4v) is 2.88. The van der Waals surface area contributed by atoms with Gasteiger partial charge in [-0.05, 0) is 19.4 Å². The smallest absolute Gasteiger partial charge is 0.125 e. The van der Waals surface area contributed by atoms with Gasteiger partial charge < -0.3 is 19.8 Å². The summed E-state index contributed by atoms with van der Waals surface area (Å²) in [5, 5.41) is 19.4. The van der Waals surface area contributed by atoms with Crippen LogP contribution in [0, 0.1) is 0 Å². The van der Waals surface area contributed by atoms with Crippen LogP contribution in [0.4, 0.5) is 0 Å². The van der Waals surface area contributed by atoms with Crippen LogP contribution in [0.5, 0.6) is 5.75 Å². The summed E-state index contributed by atoms with van der Waals surface area (Å²) in [5.41, 5.74) is 0.878. The van der Waals surface area contributed by atoms with Gasteiger partial charge in [-0.3, -0.25) is 4.90 Å². The SMILES string of the molecule is CCOc1ccccc1C(O)CCN1CCN(CCO)CC1. The first-order valence-electron chi connectivity index (χ1n) is 8.20. The molecule has 0 radical (unpaired) electrons. The molecule has 1 saturated heterocycles. The minimum Gasteiger partial charge on any atom is -0.493 e. The first-order valence-corrected chi connectivity index (χ1v) is 8.20. The second-order valence-corrected chi connectivity index (χ2v) is 5.68. The summed E-state index contributed by atoms with van der Waals surface area (Å²) in [5.74, 6) is 0.783. The fraction of sp³-hybridized carbons (Fsp3) is 0.647. The normalized spacial score (nSPS) is 18.3. The lowest BCUT2D eigenvalue weighted by molar-refractivity contribution is 0.0914. The van der Waals surface area contributed by atoms with Crippen molar-refractivity contribution in [3.05, 3.63) is 29.8 Å². The van der Waals surface area contributed by atoms with Crippen LogP contribution in [-0.2, 0) is 0 Å². The van der Waals surface area contributed by atoms with E-state index in [-0.39, 0.29) is 6.61 Å². The molecule has 1 atom stereocenters. The van der Waals surface area contributed by atoms with E-state index >= 15 is 0 Å². The molecule has 0 aliphatic carbocycles. The summed E-state index contributed by atoms with van der Waals surface area (Å²) in [6.45, 7) is 8.42. The molecule has 0 bridgehead atoms. The molecule has 5 nitrogen and oxygen atoms in total. The van der Waals surface area contributed by atoms with Crippen molar-refractivity contribution in [2.75, 3.05) is 52.5 Å². The van der Waals surface area contributed by atoms with Crippen molar-refractivity contribution in [1.82, 2.24) is 9.80 Å². The Morgan fingerprint density at radius 2 is 1.73 bits per heavy atom. The third kappa shape index (κ3) is 4.95. The molecule has 1 heterocycles. The number of aliphatic hydroxyl groups excluding tert-OH is 2.